The first-order valence-corrected chi connectivity index (χ1v) is 6.74. The van der Waals surface area contributed by atoms with Gasteiger partial charge in [0.2, 0.25) is 5.76 Å². The minimum atomic E-state index is -0.246. The smallest absolute Gasteiger partial charge is 0.290 e. The summed E-state index contributed by atoms with van der Waals surface area (Å²) in [4.78, 5) is 12.0. The minimum absolute atomic E-state index is 0.0298. The monoisotopic (exact) mass is 276 g/mol. The summed E-state index contributed by atoms with van der Waals surface area (Å²) in [6, 6.07) is 3.62. The lowest BCUT2D eigenvalue weighted by Crippen LogP contribution is -2.33. The summed E-state index contributed by atoms with van der Waals surface area (Å²) in [7, 11) is 0. The van der Waals surface area contributed by atoms with E-state index in [9.17, 15) is 4.79 Å². The number of aromatic amines is 1. The van der Waals surface area contributed by atoms with Crippen LogP contribution in [0, 0.1) is 6.92 Å². The highest BCUT2D eigenvalue weighted by Crippen LogP contribution is 2.14. The number of aromatic nitrogens is 3. The normalized spacial score (nSPS) is 12.7. The first-order chi connectivity index (χ1) is 9.45. The highest BCUT2D eigenvalue weighted by Gasteiger charge is 2.17. The standard InChI is InChI=1S/C14H20N4O2/c1-8(2)12-7-13(20-18-12)14(19)15-9(3)5-11-6-10(4)16-17-11/h6-9H,5H2,1-4H3,(H,15,19)(H,16,17). The van der Waals surface area contributed by atoms with Gasteiger partial charge in [-0.05, 0) is 25.8 Å². The summed E-state index contributed by atoms with van der Waals surface area (Å²) >= 11 is 0. The van der Waals surface area contributed by atoms with Crippen molar-refractivity contribution in [2.45, 2.75) is 46.1 Å². The van der Waals surface area contributed by atoms with E-state index < -0.39 is 0 Å². The Hall–Kier alpha value is -2.11. The van der Waals surface area contributed by atoms with Crippen molar-refractivity contribution in [3.8, 4) is 0 Å². The van der Waals surface area contributed by atoms with Gasteiger partial charge in [-0.3, -0.25) is 9.89 Å². The van der Waals surface area contributed by atoms with Crippen molar-refractivity contribution >= 4 is 5.91 Å². The zero-order valence-electron chi connectivity index (χ0n) is 12.2. The van der Waals surface area contributed by atoms with Gasteiger partial charge in [0.1, 0.15) is 0 Å². The molecule has 6 nitrogen and oxygen atoms in total. The summed E-state index contributed by atoms with van der Waals surface area (Å²) in [5.74, 6) is 0.243. The van der Waals surface area contributed by atoms with Gasteiger partial charge < -0.3 is 9.84 Å². The molecule has 0 saturated heterocycles. The Morgan fingerprint density at radius 2 is 2.15 bits per heavy atom. The summed E-state index contributed by atoms with van der Waals surface area (Å²) in [6.45, 7) is 7.88. The van der Waals surface area contributed by atoms with Crippen LogP contribution in [0.5, 0.6) is 0 Å². The van der Waals surface area contributed by atoms with Gasteiger partial charge in [0.05, 0.1) is 11.4 Å². The number of amides is 1. The molecule has 6 heteroatoms. The molecule has 0 aliphatic rings. The Morgan fingerprint density at radius 3 is 2.70 bits per heavy atom. The predicted molar refractivity (Wildman–Crippen MR) is 74.5 cm³/mol. The number of carbonyl (C=O) groups excluding carboxylic acids is 1. The molecular weight excluding hydrogens is 256 g/mol. The summed E-state index contributed by atoms with van der Waals surface area (Å²) < 4.78 is 5.06. The van der Waals surface area contributed by atoms with Crippen molar-refractivity contribution in [2.24, 2.45) is 0 Å². The molecule has 108 valence electrons. The van der Waals surface area contributed by atoms with Crippen molar-refractivity contribution in [1.29, 1.82) is 0 Å². The van der Waals surface area contributed by atoms with E-state index in [0.29, 0.717) is 6.42 Å². The maximum absolute atomic E-state index is 12.0. The first kappa shape index (κ1) is 14.3. The van der Waals surface area contributed by atoms with Gasteiger partial charge in [0.25, 0.3) is 5.91 Å². The van der Waals surface area contributed by atoms with Crippen LogP contribution in [-0.2, 0) is 6.42 Å². The number of rotatable bonds is 5. The molecule has 2 aromatic rings. The van der Waals surface area contributed by atoms with Crippen molar-refractivity contribution in [2.75, 3.05) is 0 Å². The Labute approximate surface area is 117 Å². The number of hydrogen-bond acceptors (Lipinski definition) is 4. The van der Waals surface area contributed by atoms with Crippen LogP contribution in [0.1, 0.15) is 54.3 Å². The maximum atomic E-state index is 12.0. The predicted octanol–water partition coefficient (Wildman–Crippen LogP) is 2.19. The lowest BCUT2D eigenvalue weighted by molar-refractivity contribution is 0.0902. The van der Waals surface area contributed by atoms with E-state index in [2.05, 4.69) is 20.7 Å². The lowest BCUT2D eigenvalue weighted by Gasteiger charge is -2.10. The van der Waals surface area contributed by atoms with Gasteiger partial charge in [0.15, 0.2) is 0 Å². The van der Waals surface area contributed by atoms with Crippen LogP contribution in [-0.4, -0.2) is 27.3 Å². The quantitative estimate of drug-likeness (QED) is 0.876. The molecule has 0 saturated carbocycles. The van der Waals surface area contributed by atoms with Crippen molar-refractivity contribution < 1.29 is 9.32 Å². The number of nitrogens with zero attached hydrogens (tertiary/aromatic N) is 2. The third kappa shape index (κ3) is 3.46. The van der Waals surface area contributed by atoms with Gasteiger partial charge in [-0.2, -0.15) is 5.10 Å². The van der Waals surface area contributed by atoms with Gasteiger partial charge in [-0.25, -0.2) is 0 Å². The zero-order chi connectivity index (χ0) is 14.7. The van der Waals surface area contributed by atoms with Crippen LogP contribution in [0.4, 0.5) is 0 Å². The van der Waals surface area contributed by atoms with Crippen molar-refractivity contribution in [1.82, 2.24) is 20.7 Å². The highest BCUT2D eigenvalue weighted by atomic mass is 16.5. The molecule has 2 heterocycles. The molecule has 0 bridgehead atoms. The third-order valence-electron chi connectivity index (χ3n) is 3.00. The third-order valence-corrected chi connectivity index (χ3v) is 3.00. The van der Waals surface area contributed by atoms with E-state index >= 15 is 0 Å². The van der Waals surface area contributed by atoms with Crippen molar-refractivity contribution in [3.05, 3.63) is 35.0 Å². The Balaban J connectivity index is 1.93. The first-order valence-electron chi connectivity index (χ1n) is 6.74. The summed E-state index contributed by atoms with van der Waals surface area (Å²) in [6.07, 6.45) is 0.668. The Kier molecular flexibility index (Phi) is 4.22. The summed E-state index contributed by atoms with van der Waals surface area (Å²) in [5, 5.41) is 13.8. The number of nitrogens with one attached hydrogen (secondary N) is 2. The molecule has 2 rings (SSSR count). The average Bonchev–Trinajstić information content (AvgIpc) is 2.98. The fourth-order valence-corrected chi connectivity index (χ4v) is 1.91. The highest BCUT2D eigenvalue weighted by molar-refractivity contribution is 5.91. The molecule has 0 fully saturated rings. The van der Waals surface area contributed by atoms with Crippen LogP contribution in [0.2, 0.25) is 0 Å². The maximum Gasteiger partial charge on any atom is 0.290 e. The van der Waals surface area contributed by atoms with Crippen LogP contribution >= 0.6 is 0 Å². The fourth-order valence-electron chi connectivity index (χ4n) is 1.91. The largest absolute Gasteiger partial charge is 0.351 e. The average molecular weight is 276 g/mol. The number of hydrogen-bond donors (Lipinski definition) is 2. The van der Waals surface area contributed by atoms with Gasteiger partial charge in [-0.1, -0.05) is 19.0 Å². The van der Waals surface area contributed by atoms with E-state index in [0.717, 1.165) is 17.1 Å². The summed E-state index contributed by atoms with van der Waals surface area (Å²) in [5.41, 5.74) is 2.72. The second kappa shape index (κ2) is 5.90. The number of aryl methyl sites for hydroxylation is 1. The van der Waals surface area contributed by atoms with E-state index in [1.165, 1.54) is 0 Å². The molecule has 0 aliphatic carbocycles. The Morgan fingerprint density at radius 1 is 1.40 bits per heavy atom. The molecule has 2 aromatic heterocycles. The molecule has 1 amide bonds. The Bertz CT molecular complexity index is 586. The van der Waals surface area contributed by atoms with Gasteiger partial charge >= 0.3 is 0 Å². The van der Waals surface area contributed by atoms with Crippen LogP contribution in [0.15, 0.2) is 16.7 Å². The molecule has 2 N–H and O–H groups in total. The van der Waals surface area contributed by atoms with E-state index in [1.807, 2.05) is 33.8 Å². The van der Waals surface area contributed by atoms with E-state index in [4.69, 9.17) is 4.52 Å². The SMILES string of the molecule is Cc1cc(CC(C)NC(=O)c2cc(C(C)C)no2)n[nH]1. The zero-order valence-corrected chi connectivity index (χ0v) is 12.2. The topological polar surface area (TPSA) is 83.8 Å². The molecule has 0 aliphatic heterocycles. The minimum Gasteiger partial charge on any atom is -0.351 e. The van der Waals surface area contributed by atoms with Crippen molar-refractivity contribution in [3.63, 3.8) is 0 Å². The number of carbonyl (C=O) groups is 1. The molecule has 0 radical (unpaired) electrons. The number of H-pyrrole nitrogens is 1. The molecular formula is C14H20N4O2. The van der Waals surface area contributed by atoms with E-state index in [1.54, 1.807) is 6.07 Å². The van der Waals surface area contributed by atoms with Crippen LogP contribution in [0.3, 0.4) is 0 Å². The fraction of sp³-hybridized carbons (Fsp3) is 0.500. The van der Waals surface area contributed by atoms with E-state index in [-0.39, 0.29) is 23.6 Å². The molecule has 0 aromatic carbocycles. The molecule has 20 heavy (non-hydrogen) atoms. The second-order valence-electron chi connectivity index (χ2n) is 5.39. The molecule has 1 unspecified atom stereocenters. The van der Waals surface area contributed by atoms with Crippen LogP contribution in [0.25, 0.3) is 0 Å². The second-order valence-corrected chi connectivity index (χ2v) is 5.39. The molecule has 1 atom stereocenters. The lowest BCUT2D eigenvalue weighted by atomic mass is 10.1. The van der Waals surface area contributed by atoms with Gasteiger partial charge in [0, 0.05) is 24.2 Å². The molecule has 0 spiro atoms. The van der Waals surface area contributed by atoms with Gasteiger partial charge in [-0.15, -0.1) is 0 Å². The van der Waals surface area contributed by atoms with Crippen LogP contribution < -0.4 is 5.32 Å².